The molecule has 2 rings (SSSR count). The van der Waals surface area contributed by atoms with Gasteiger partial charge in [-0.3, -0.25) is 0 Å². The fraction of sp³-hybridized carbons (Fsp3) is 0.375. The maximum atomic E-state index is 5.71. The molecule has 1 aromatic heterocycles. The highest BCUT2D eigenvalue weighted by Gasteiger charge is 2.20. The van der Waals surface area contributed by atoms with Gasteiger partial charge in [0, 0.05) is 13.6 Å². The van der Waals surface area contributed by atoms with Gasteiger partial charge in [-0.1, -0.05) is 22.9 Å². The van der Waals surface area contributed by atoms with Crippen molar-refractivity contribution in [1.82, 2.24) is 5.32 Å². The second-order valence-corrected chi connectivity index (χ2v) is 7.00. The van der Waals surface area contributed by atoms with Crippen LogP contribution in [0.5, 0.6) is 0 Å². The van der Waals surface area contributed by atoms with E-state index < -0.39 is 0 Å². The number of hydrogen-bond donors (Lipinski definition) is 1. The van der Waals surface area contributed by atoms with Gasteiger partial charge in [-0.25, -0.2) is 0 Å². The van der Waals surface area contributed by atoms with Crippen LogP contribution < -0.4 is 5.32 Å². The topological polar surface area (TPSA) is 25.2 Å². The summed E-state index contributed by atoms with van der Waals surface area (Å²) in [4.78, 5) is 0. The first kappa shape index (κ1) is 16.0. The lowest BCUT2D eigenvalue weighted by Gasteiger charge is -2.20. The third kappa shape index (κ3) is 3.65. The Morgan fingerprint density at radius 2 is 2.00 bits per heavy atom. The van der Waals surface area contributed by atoms with Crippen LogP contribution in [0, 0.1) is 17.4 Å². The Morgan fingerprint density at radius 3 is 2.60 bits per heavy atom. The molecule has 20 heavy (non-hydrogen) atoms. The molecular formula is C16H19BrINO. The maximum absolute atomic E-state index is 5.71. The normalized spacial score (nSPS) is 12.7. The molecule has 0 aliphatic rings. The molecule has 108 valence electrons. The van der Waals surface area contributed by atoms with Crippen molar-refractivity contribution in [3.8, 4) is 0 Å². The van der Waals surface area contributed by atoms with Crippen molar-refractivity contribution in [2.24, 2.45) is 0 Å². The van der Waals surface area contributed by atoms with Crippen molar-refractivity contribution in [2.75, 3.05) is 6.54 Å². The van der Waals surface area contributed by atoms with Crippen molar-refractivity contribution in [1.29, 1.82) is 0 Å². The van der Waals surface area contributed by atoms with Crippen molar-refractivity contribution >= 4 is 38.5 Å². The standard InChI is InChI=1S/C16H19BrINO/c1-4-7-19-16(13-8-10(2)20-11(13)3)14-9-12(17)5-6-15(14)18/h5-6,8-9,16,19H,4,7H2,1-3H3. The number of aryl methyl sites for hydroxylation is 2. The summed E-state index contributed by atoms with van der Waals surface area (Å²) in [5.74, 6) is 1.96. The lowest BCUT2D eigenvalue weighted by atomic mass is 9.99. The highest BCUT2D eigenvalue weighted by Crippen LogP contribution is 2.32. The molecule has 0 saturated heterocycles. The van der Waals surface area contributed by atoms with Gasteiger partial charge in [-0.05, 0) is 79.2 Å². The molecule has 0 aliphatic carbocycles. The highest BCUT2D eigenvalue weighted by molar-refractivity contribution is 14.1. The summed E-state index contributed by atoms with van der Waals surface area (Å²) in [6.45, 7) is 7.20. The van der Waals surface area contributed by atoms with E-state index >= 15 is 0 Å². The average Bonchev–Trinajstić information content (AvgIpc) is 2.73. The number of benzene rings is 1. The van der Waals surface area contributed by atoms with E-state index in [9.17, 15) is 0 Å². The average molecular weight is 448 g/mol. The van der Waals surface area contributed by atoms with Gasteiger partial charge in [0.25, 0.3) is 0 Å². The number of halogens is 2. The van der Waals surface area contributed by atoms with Gasteiger partial charge >= 0.3 is 0 Å². The molecule has 0 amide bonds. The molecule has 0 bridgehead atoms. The molecule has 2 aromatic rings. The van der Waals surface area contributed by atoms with Crippen LogP contribution in [0.15, 0.2) is 33.2 Å². The molecule has 2 nitrogen and oxygen atoms in total. The Kier molecular flexibility index (Phi) is 5.69. The molecule has 1 N–H and O–H groups in total. The summed E-state index contributed by atoms with van der Waals surface area (Å²) in [6, 6.07) is 8.73. The van der Waals surface area contributed by atoms with E-state index in [2.05, 4.69) is 75.0 Å². The van der Waals surface area contributed by atoms with Gasteiger partial charge in [0.15, 0.2) is 0 Å². The lowest BCUT2D eigenvalue weighted by molar-refractivity contribution is 0.493. The first-order chi connectivity index (χ1) is 9.52. The van der Waals surface area contributed by atoms with Crippen molar-refractivity contribution in [3.63, 3.8) is 0 Å². The van der Waals surface area contributed by atoms with Gasteiger partial charge in [-0.15, -0.1) is 0 Å². The molecule has 1 atom stereocenters. The number of hydrogen-bond acceptors (Lipinski definition) is 2. The minimum atomic E-state index is 0.178. The minimum absolute atomic E-state index is 0.178. The summed E-state index contributed by atoms with van der Waals surface area (Å²) in [5.41, 5.74) is 2.52. The SMILES string of the molecule is CCCNC(c1cc(Br)ccc1I)c1cc(C)oc1C. The van der Waals surface area contributed by atoms with Gasteiger partial charge in [0.2, 0.25) is 0 Å². The van der Waals surface area contributed by atoms with E-state index in [0.29, 0.717) is 0 Å². The van der Waals surface area contributed by atoms with E-state index in [4.69, 9.17) is 4.42 Å². The van der Waals surface area contributed by atoms with E-state index in [0.717, 1.165) is 29.0 Å². The summed E-state index contributed by atoms with van der Waals surface area (Å²) in [7, 11) is 0. The molecule has 1 unspecified atom stereocenters. The predicted molar refractivity (Wildman–Crippen MR) is 95.2 cm³/mol. The Labute approximate surface area is 142 Å². The van der Waals surface area contributed by atoms with Crippen LogP contribution in [-0.2, 0) is 0 Å². The zero-order chi connectivity index (χ0) is 14.7. The second kappa shape index (κ2) is 7.09. The van der Waals surface area contributed by atoms with Crippen LogP contribution in [0.4, 0.5) is 0 Å². The van der Waals surface area contributed by atoms with Crippen molar-refractivity contribution < 1.29 is 4.42 Å². The summed E-state index contributed by atoms with van der Waals surface area (Å²) < 4.78 is 8.08. The second-order valence-electron chi connectivity index (χ2n) is 4.92. The van der Waals surface area contributed by atoms with Crippen molar-refractivity contribution in [3.05, 3.63) is 55.0 Å². The van der Waals surface area contributed by atoms with Crippen molar-refractivity contribution in [2.45, 2.75) is 33.2 Å². The zero-order valence-corrected chi connectivity index (χ0v) is 15.7. The van der Waals surface area contributed by atoms with Gasteiger partial charge < -0.3 is 9.73 Å². The largest absolute Gasteiger partial charge is 0.466 e. The molecule has 4 heteroatoms. The van der Waals surface area contributed by atoms with Crippen LogP contribution in [0.2, 0.25) is 0 Å². The van der Waals surface area contributed by atoms with Crippen LogP contribution in [0.25, 0.3) is 0 Å². The van der Waals surface area contributed by atoms with E-state index in [1.807, 2.05) is 13.8 Å². The molecular weight excluding hydrogens is 429 g/mol. The summed E-state index contributed by atoms with van der Waals surface area (Å²) >= 11 is 5.97. The molecule has 0 saturated carbocycles. The van der Waals surface area contributed by atoms with Crippen LogP contribution in [0.3, 0.4) is 0 Å². The Morgan fingerprint density at radius 1 is 1.25 bits per heavy atom. The van der Waals surface area contributed by atoms with Gasteiger partial charge in [-0.2, -0.15) is 0 Å². The first-order valence-electron chi connectivity index (χ1n) is 6.78. The van der Waals surface area contributed by atoms with Crippen LogP contribution in [0.1, 0.15) is 42.0 Å². The Hall–Kier alpha value is -0.330. The molecule has 0 fully saturated rings. The fourth-order valence-corrected chi connectivity index (χ4v) is 3.37. The van der Waals surface area contributed by atoms with E-state index in [1.54, 1.807) is 0 Å². The maximum Gasteiger partial charge on any atom is 0.106 e. The third-order valence-corrected chi connectivity index (χ3v) is 4.73. The van der Waals surface area contributed by atoms with Gasteiger partial charge in [0.05, 0.1) is 6.04 Å². The van der Waals surface area contributed by atoms with E-state index in [1.165, 1.54) is 14.7 Å². The highest BCUT2D eigenvalue weighted by atomic mass is 127. The Balaban J connectivity index is 2.46. The quantitative estimate of drug-likeness (QED) is 0.624. The minimum Gasteiger partial charge on any atom is -0.466 e. The van der Waals surface area contributed by atoms with E-state index in [-0.39, 0.29) is 6.04 Å². The van der Waals surface area contributed by atoms with Gasteiger partial charge in [0.1, 0.15) is 11.5 Å². The smallest absolute Gasteiger partial charge is 0.106 e. The van der Waals surface area contributed by atoms with Crippen LogP contribution in [-0.4, -0.2) is 6.54 Å². The summed E-state index contributed by atoms with van der Waals surface area (Å²) in [5, 5.41) is 3.64. The predicted octanol–water partition coefficient (Wildman–Crippen LogP) is 5.35. The molecule has 0 spiro atoms. The molecule has 0 aliphatic heterocycles. The number of furan rings is 1. The number of nitrogens with one attached hydrogen (secondary N) is 1. The summed E-state index contributed by atoms with van der Waals surface area (Å²) in [6.07, 6.45) is 1.11. The molecule has 1 aromatic carbocycles. The third-order valence-electron chi connectivity index (χ3n) is 3.26. The molecule has 0 radical (unpaired) electrons. The molecule has 1 heterocycles. The first-order valence-corrected chi connectivity index (χ1v) is 8.65. The van der Waals surface area contributed by atoms with Crippen LogP contribution >= 0.6 is 38.5 Å². The number of rotatable bonds is 5. The monoisotopic (exact) mass is 447 g/mol. The Bertz CT molecular complexity index is 594. The zero-order valence-electron chi connectivity index (χ0n) is 12.0. The lowest BCUT2D eigenvalue weighted by Crippen LogP contribution is -2.24. The fourth-order valence-electron chi connectivity index (χ4n) is 2.35.